The Morgan fingerprint density at radius 1 is 1.45 bits per heavy atom. The van der Waals surface area contributed by atoms with Gasteiger partial charge in [0.15, 0.2) is 0 Å². The Bertz CT molecular complexity index is 903. The normalized spacial score (nSPS) is 20.5. The fourth-order valence-corrected chi connectivity index (χ4v) is 4.79. The third kappa shape index (κ3) is 5.26. The van der Waals surface area contributed by atoms with Crippen molar-refractivity contribution in [2.75, 3.05) is 12.3 Å². The van der Waals surface area contributed by atoms with Gasteiger partial charge in [-0.1, -0.05) is 17.7 Å². The summed E-state index contributed by atoms with van der Waals surface area (Å²) in [5.41, 5.74) is 14.1. The van der Waals surface area contributed by atoms with Crippen LogP contribution < -0.4 is 16.8 Å². The van der Waals surface area contributed by atoms with E-state index in [1.807, 2.05) is 36.3 Å². The molecule has 3 atom stereocenters. The average Bonchev–Trinajstić information content (AvgIpc) is 3.26. The number of amides is 2. The zero-order valence-corrected chi connectivity index (χ0v) is 18.1. The number of anilines is 1. The number of carbonyl (C=O) groups is 2. The number of carbonyl (C=O) groups excluding carboxylic acids is 2. The Balaban J connectivity index is 1.62. The zero-order valence-electron chi connectivity index (χ0n) is 16.5. The van der Waals surface area contributed by atoms with Crippen molar-refractivity contribution in [3.8, 4) is 0 Å². The van der Waals surface area contributed by atoms with Gasteiger partial charge in [-0.2, -0.15) is 0 Å². The number of rotatable bonds is 7. The number of halogens is 1. The maximum Gasteiger partial charge on any atom is 0.237 e. The molecule has 0 aliphatic carbocycles. The van der Waals surface area contributed by atoms with Crippen molar-refractivity contribution >= 4 is 40.6 Å². The first kappa shape index (κ1) is 21.5. The van der Waals surface area contributed by atoms with Crippen molar-refractivity contribution in [1.82, 2.24) is 15.2 Å². The fourth-order valence-electron chi connectivity index (χ4n) is 3.87. The first-order valence-electron chi connectivity index (χ1n) is 9.52. The second kappa shape index (κ2) is 9.11. The summed E-state index contributed by atoms with van der Waals surface area (Å²) in [6, 6.07) is 4.60. The molecule has 0 radical (unpaired) electrons. The molecule has 2 unspecified atom stereocenters. The number of thiophene rings is 1. The summed E-state index contributed by atoms with van der Waals surface area (Å²) in [4.78, 5) is 30.9. The predicted molar refractivity (Wildman–Crippen MR) is 116 cm³/mol. The van der Waals surface area contributed by atoms with Gasteiger partial charge in [-0.25, -0.2) is 4.98 Å². The maximum atomic E-state index is 12.8. The van der Waals surface area contributed by atoms with Gasteiger partial charge in [0.05, 0.1) is 16.4 Å². The number of pyridine rings is 1. The Labute approximate surface area is 179 Å². The smallest absolute Gasteiger partial charge is 0.237 e. The molecule has 1 saturated heterocycles. The van der Waals surface area contributed by atoms with E-state index in [0.717, 1.165) is 27.6 Å². The maximum absolute atomic E-state index is 12.8. The molecule has 0 saturated carbocycles. The quantitative estimate of drug-likeness (QED) is 0.616. The van der Waals surface area contributed by atoms with E-state index in [-0.39, 0.29) is 11.8 Å². The van der Waals surface area contributed by atoms with Crippen molar-refractivity contribution in [1.29, 1.82) is 0 Å². The van der Waals surface area contributed by atoms with Crippen molar-refractivity contribution in [2.45, 2.75) is 45.3 Å². The van der Waals surface area contributed by atoms with Crippen molar-refractivity contribution in [2.24, 2.45) is 11.7 Å². The van der Waals surface area contributed by atoms with Crippen molar-refractivity contribution < 1.29 is 9.59 Å². The van der Waals surface area contributed by atoms with Crippen LogP contribution in [0.1, 0.15) is 30.2 Å². The molecular weight excluding hydrogens is 410 g/mol. The summed E-state index contributed by atoms with van der Waals surface area (Å²) in [6.45, 7) is 4.65. The molecular formula is C20H26ClN5O2S. The molecule has 3 rings (SSSR count). The van der Waals surface area contributed by atoms with Gasteiger partial charge < -0.3 is 16.8 Å². The largest absolute Gasteiger partial charge is 0.384 e. The Morgan fingerprint density at radius 3 is 2.83 bits per heavy atom. The lowest BCUT2D eigenvalue weighted by Gasteiger charge is -2.28. The molecule has 2 amide bonds. The van der Waals surface area contributed by atoms with Crippen LogP contribution in [0.5, 0.6) is 0 Å². The molecule has 3 heterocycles. The highest BCUT2D eigenvalue weighted by Gasteiger charge is 2.40. The summed E-state index contributed by atoms with van der Waals surface area (Å²) in [7, 11) is 0. The topological polar surface area (TPSA) is 114 Å². The summed E-state index contributed by atoms with van der Waals surface area (Å²) in [5.74, 6) is 0.156. The molecule has 156 valence electrons. The van der Waals surface area contributed by atoms with E-state index in [1.165, 1.54) is 11.3 Å². The van der Waals surface area contributed by atoms with Crippen LogP contribution in [0.15, 0.2) is 23.6 Å². The Morgan fingerprint density at radius 2 is 2.21 bits per heavy atom. The van der Waals surface area contributed by atoms with E-state index in [2.05, 4.69) is 10.3 Å². The molecule has 0 bridgehead atoms. The molecule has 1 fully saturated rings. The van der Waals surface area contributed by atoms with Crippen LogP contribution in [0.25, 0.3) is 0 Å². The highest BCUT2D eigenvalue weighted by atomic mass is 35.5. The number of primary amides is 1. The number of nitrogens with two attached hydrogens (primary N) is 2. The number of hydrogen-bond donors (Lipinski definition) is 3. The van der Waals surface area contributed by atoms with E-state index in [4.69, 9.17) is 23.1 Å². The molecule has 0 spiro atoms. The number of aryl methyl sites for hydroxylation is 1. The van der Waals surface area contributed by atoms with Gasteiger partial charge in [0.25, 0.3) is 0 Å². The van der Waals surface area contributed by atoms with Gasteiger partial charge in [0, 0.05) is 18.8 Å². The van der Waals surface area contributed by atoms with E-state index in [9.17, 15) is 9.59 Å². The van der Waals surface area contributed by atoms with E-state index in [1.54, 1.807) is 6.07 Å². The SMILES string of the molecule is Cc1nc(N)ccc1CNC(=O)[C@H](C)N1CC(Cc2csc(Cl)c2)CC1C(N)=O. The van der Waals surface area contributed by atoms with E-state index >= 15 is 0 Å². The molecule has 2 aromatic rings. The first-order valence-corrected chi connectivity index (χ1v) is 10.8. The van der Waals surface area contributed by atoms with E-state index < -0.39 is 18.0 Å². The van der Waals surface area contributed by atoms with Crippen LogP contribution in [0.4, 0.5) is 5.82 Å². The minimum atomic E-state index is -0.467. The zero-order chi connectivity index (χ0) is 21.1. The standard InChI is InChI=1S/C20H26ClN5O2S/c1-11-15(3-4-18(22)25-11)8-24-20(28)12(2)26-9-13(6-16(26)19(23)27)5-14-7-17(21)29-10-14/h3-4,7,10,12-13,16H,5-6,8-9H2,1-2H3,(H2,22,25)(H2,23,27)(H,24,28)/t12-,13?,16?/m0/s1. The van der Waals surface area contributed by atoms with Crippen molar-refractivity contribution in [3.63, 3.8) is 0 Å². The van der Waals surface area contributed by atoms with Crippen LogP contribution in [-0.2, 0) is 22.6 Å². The molecule has 1 aliphatic rings. The molecule has 5 N–H and O–H groups in total. The van der Waals surface area contributed by atoms with Crippen LogP contribution >= 0.6 is 22.9 Å². The van der Waals surface area contributed by atoms with Gasteiger partial charge in [0.1, 0.15) is 5.82 Å². The van der Waals surface area contributed by atoms with Crippen LogP contribution in [0.2, 0.25) is 4.34 Å². The Hall–Kier alpha value is -2.16. The lowest BCUT2D eigenvalue weighted by Crippen LogP contribution is -2.51. The van der Waals surface area contributed by atoms with Crippen LogP contribution in [0, 0.1) is 12.8 Å². The first-order chi connectivity index (χ1) is 13.7. The molecule has 7 nitrogen and oxygen atoms in total. The fraction of sp³-hybridized carbons (Fsp3) is 0.450. The lowest BCUT2D eigenvalue weighted by atomic mass is 9.98. The second-order valence-electron chi connectivity index (χ2n) is 7.55. The third-order valence-corrected chi connectivity index (χ3v) is 6.59. The number of likely N-dealkylation sites (tertiary alicyclic amines) is 1. The summed E-state index contributed by atoms with van der Waals surface area (Å²) in [6.07, 6.45) is 1.45. The molecule has 0 aromatic carbocycles. The number of nitrogen functional groups attached to an aromatic ring is 1. The average molecular weight is 436 g/mol. The molecule has 9 heteroatoms. The predicted octanol–water partition coefficient (Wildman–Crippen LogP) is 2.11. The van der Waals surface area contributed by atoms with Gasteiger partial charge in [-0.05, 0) is 61.2 Å². The number of nitrogens with one attached hydrogen (secondary N) is 1. The summed E-state index contributed by atoms with van der Waals surface area (Å²) < 4.78 is 0.751. The molecule has 2 aromatic heterocycles. The Kier molecular flexibility index (Phi) is 6.77. The number of hydrogen-bond acceptors (Lipinski definition) is 6. The minimum absolute atomic E-state index is 0.147. The lowest BCUT2D eigenvalue weighted by molar-refractivity contribution is -0.129. The third-order valence-electron chi connectivity index (χ3n) is 5.45. The minimum Gasteiger partial charge on any atom is -0.384 e. The van der Waals surface area contributed by atoms with Crippen molar-refractivity contribution in [3.05, 3.63) is 44.7 Å². The highest BCUT2D eigenvalue weighted by Crippen LogP contribution is 2.30. The van der Waals surface area contributed by atoms with Gasteiger partial charge in [-0.15, -0.1) is 11.3 Å². The van der Waals surface area contributed by atoms with Gasteiger partial charge in [-0.3, -0.25) is 14.5 Å². The number of aromatic nitrogens is 1. The highest BCUT2D eigenvalue weighted by molar-refractivity contribution is 7.14. The van der Waals surface area contributed by atoms with E-state index in [0.29, 0.717) is 25.3 Å². The van der Waals surface area contributed by atoms with Gasteiger partial charge in [0.2, 0.25) is 11.8 Å². The van der Waals surface area contributed by atoms with Gasteiger partial charge >= 0.3 is 0 Å². The van der Waals surface area contributed by atoms with Crippen LogP contribution in [0.3, 0.4) is 0 Å². The molecule has 29 heavy (non-hydrogen) atoms. The second-order valence-corrected chi connectivity index (χ2v) is 9.10. The number of nitrogens with zero attached hydrogens (tertiary/aromatic N) is 2. The summed E-state index contributed by atoms with van der Waals surface area (Å²) >= 11 is 7.52. The monoisotopic (exact) mass is 435 g/mol. The molecule has 1 aliphatic heterocycles. The summed E-state index contributed by atoms with van der Waals surface area (Å²) in [5, 5.41) is 4.97. The van der Waals surface area contributed by atoms with Crippen LogP contribution in [-0.4, -0.2) is 40.3 Å².